The summed E-state index contributed by atoms with van der Waals surface area (Å²) in [7, 11) is 0. The fraction of sp³-hybridized carbons (Fsp3) is 0.333. The second-order valence-electron chi connectivity index (χ2n) is 4.63. The van der Waals surface area contributed by atoms with E-state index in [-0.39, 0.29) is 5.91 Å². The van der Waals surface area contributed by atoms with Crippen molar-refractivity contribution >= 4 is 11.6 Å². The molecule has 0 aliphatic rings. The molecule has 0 spiro atoms. The van der Waals surface area contributed by atoms with Gasteiger partial charge in [-0.15, -0.1) is 0 Å². The van der Waals surface area contributed by atoms with Crippen molar-refractivity contribution < 1.29 is 4.79 Å². The second-order valence-corrected chi connectivity index (χ2v) is 4.63. The molecule has 1 aromatic heterocycles. The third-order valence-electron chi connectivity index (χ3n) is 3.11. The molecule has 2 N–H and O–H groups in total. The van der Waals surface area contributed by atoms with Crippen LogP contribution in [0.2, 0.25) is 0 Å². The third-order valence-corrected chi connectivity index (χ3v) is 3.11. The highest BCUT2D eigenvalue weighted by Gasteiger charge is 2.16. The van der Waals surface area contributed by atoms with Crippen molar-refractivity contribution in [3.8, 4) is 5.69 Å². The Labute approximate surface area is 119 Å². The van der Waals surface area contributed by atoms with Crippen LogP contribution in [0.25, 0.3) is 5.69 Å². The largest absolute Gasteiger partial charge is 0.399 e. The Balaban J connectivity index is 2.22. The first-order valence-electron chi connectivity index (χ1n) is 6.86. The Morgan fingerprint density at radius 3 is 2.80 bits per heavy atom. The van der Waals surface area contributed by atoms with E-state index in [2.05, 4.69) is 12.0 Å². The normalized spacial score (nSPS) is 10.5. The van der Waals surface area contributed by atoms with Gasteiger partial charge in [0.2, 0.25) is 0 Å². The standard InChI is InChI=1S/C15H20N4O/c1-3-9-18(4-2)15(20)14-8-10-19(17-14)13-7-5-6-12(16)11-13/h5-8,10-11H,3-4,9,16H2,1-2H3. The van der Waals surface area contributed by atoms with E-state index in [1.165, 1.54) is 0 Å². The summed E-state index contributed by atoms with van der Waals surface area (Å²) in [6.07, 6.45) is 2.72. The monoisotopic (exact) mass is 272 g/mol. The van der Waals surface area contributed by atoms with E-state index in [0.717, 1.165) is 18.7 Å². The van der Waals surface area contributed by atoms with Crippen molar-refractivity contribution in [2.75, 3.05) is 18.8 Å². The van der Waals surface area contributed by atoms with Gasteiger partial charge >= 0.3 is 0 Å². The number of anilines is 1. The maximum absolute atomic E-state index is 12.3. The minimum atomic E-state index is -0.0306. The van der Waals surface area contributed by atoms with Crippen LogP contribution >= 0.6 is 0 Å². The highest BCUT2D eigenvalue weighted by atomic mass is 16.2. The van der Waals surface area contributed by atoms with E-state index >= 15 is 0 Å². The van der Waals surface area contributed by atoms with Crippen LogP contribution < -0.4 is 5.73 Å². The molecule has 0 bridgehead atoms. The van der Waals surface area contributed by atoms with Crippen LogP contribution in [0, 0.1) is 0 Å². The van der Waals surface area contributed by atoms with Gasteiger partial charge in [-0.25, -0.2) is 4.68 Å². The van der Waals surface area contributed by atoms with Gasteiger partial charge in [-0.1, -0.05) is 13.0 Å². The van der Waals surface area contributed by atoms with Gasteiger partial charge in [0, 0.05) is 25.0 Å². The van der Waals surface area contributed by atoms with Crippen LogP contribution in [-0.2, 0) is 0 Å². The molecule has 0 unspecified atom stereocenters. The lowest BCUT2D eigenvalue weighted by Crippen LogP contribution is -2.31. The molecule has 0 saturated carbocycles. The Hall–Kier alpha value is -2.30. The summed E-state index contributed by atoms with van der Waals surface area (Å²) in [6.45, 7) is 5.47. The number of nitrogen functional groups attached to an aromatic ring is 1. The highest BCUT2D eigenvalue weighted by Crippen LogP contribution is 2.12. The van der Waals surface area contributed by atoms with Gasteiger partial charge < -0.3 is 10.6 Å². The number of aromatic nitrogens is 2. The minimum absolute atomic E-state index is 0.0306. The molecule has 2 rings (SSSR count). The van der Waals surface area contributed by atoms with Crippen LogP contribution in [-0.4, -0.2) is 33.7 Å². The number of hydrogen-bond acceptors (Lipinski definition) is 3. The van der Waals surface area contributed by atoms with Crippen molar-refractivity contribution in [1.29, 1.82) is 0 Å². The Kier molecular flexibility index (Phi) is 4.40. The molecule has 1 heterocycles. The molecule has 5 heteroatoms. The summed E-state index contributed by atoms with van der Waals surface area (Å²) in [4.78, 5) is 14.1. The first-order valence-corrected chi connectivity index (χ1v) is 6.86. The first-order chi connectivity index (χ1) is 9.65. The molecule has 20 heavy (non-hydrogen) atoms. The molecule has 0 aliphatic carbocycles. The average molecular weight is 272 g/mol. The number of benzene rings is 1. The molecule has 0 saturated heterocycles. The molecule has 0 fully saturated rings. The lowest BCUT2D eigenvalue weighted by atomic mass is 10.3. The molecular formula is C15H20N4O. The first kappa shape index (κ1) is 14.1. The number of nitrogens with two attached hydrogens (primary N) is 1. The fourth-order valence-electron chi connectivity index (χ4n) is 2.08. The summed E-state index contributed by atoms with van der Waals surface area (Å²) in [5, 5.41) is 4.34. The van der Waals surface area contributed by atoms with Crippen molar-refractivity contribution in [2.45, 2.75) is 20.3 Å². The zero-order valence-corrected chi connectivity index (χ0v) is 11.9. The van der Waals surface area contributed by atoms with E-state index in [1.54, 1.807) is 21.8 Å². The van der Waals surface area contributed by atoms with Gasteiger partial charge in [-0.3, -0.25) is 4.79 Å². The Morgan fingerprint density at radius 2 is 2.15 bits per heavy atom. The summed E-state index contributed by atoms with van der Waals surface area (Å²) >= 11 is 0. The summed E-state index contributed by atoms with van der Waals surface area (Å²) in [5.74, 6) is -0.0306. The van der Waals surface area contributed by atoms with Crippen molar-refractivity contribution in [2.24, 2.45) is 0 Å². The quantitative estimate of drug-likeness (QED) is 0.850. The van der Waals surface area contributed by atoms with Crippen LogP contribution in [0.5, 0.6) is 0 Å². The minimum Gasteiger partial charge on any atom is -0.399 e. The predicted molar refractivity (Wildman–Crippen MR) is 79.8 cm³/mol. The van der Waals surface area contributed by atoms with Crippen molar-refractivity contribution in [1.82, 2.24) is 14.7 Å². The van der Waals surface area contributed by atoms with Gasteiger partial charge in [-0.2, -0.15) is 5.10 Å². The van der Waals surface area contributed by atoms with Crippen molar-refractivity contribution in [3.63, 3.8) is 0 Å². The summed E-state index contributed by atoms with van der Waals surface area (Å²) in [5.41, 5.74) is 7.74. The van der Waals surface area contributed by atoms with Crippen LogP contribution in [0.3, 0.4) is 0 Å². The predicted octanol–water partition coefficient (Wildman–Crippen LogP) is 2.33. The number of amides is 1. The number of carbonyl (C=O) groups excluding carboxylic acids is 1. The van der Waals surface area contributed by atoms with E-state index in [1.807, 2.05) is 31.2 Å². The van der Waals surface area contributed by atoms with E-state index in [9.17, 15) is 4.79 Å². The molecule has 1 aromatic carbocycles. The molecule has 1 amide bonds. The average Bonchev–Trinajstić information content (AvgIpc) is 2.94. The molecule has 2 aromatic rings. The number of rotatable bonds is 5. The molecular weight excluding hydrogens is 252 g/mol. The van der Waals surface area contributed by atoms with E-state index in [4.69, 9.17) is 5.73 Å². The number of hydrogen-bond donors (Lipinski definition) is 1. The van der Waals surface area contributed by atoms with Gasteiger partial charge in [0.25, 0.3) is 5.91 Å². The zero-order valence-electron chi connectivity index (χ0n) is 11.9. The van der Waals surface area contributed by atoms with Crippen LogP contribution in [0.1, 0.15) is 30.8 Å². The van der Waals surface area contributed by atoms with Crippen molar-refractivity contribution in [3.05, 3.63) is 42.2 Å². The molecule has 0 radical (unpaired) electrons. The Morgan fingerprint density at radius 1 is 1.35 bits per heavy atom. The maximum Gasteiger partial charge on any atom is 0.274 e. The molecule has 5 nitrogen and oxygen atoms in total. The summed E-state index contributed by atoms with van der Waals surface area (Å²) in [6, 6.07) is 9.15. The Bertz CT molecular complexity index is 591. The highest BCUT2D eigenvalue weighted by molar-refractivity contribution is 5.92. The fourth-order valence-corrected chi connectivity index (χ4v) is 2.08. The molecule has 0 aliphatic heterocycles. The van der Waals surface area contributed by atoms with Crippen LogP contribution in [0.4, 0.5) is 5.69 Å². The number of carbonyl (C=O) groups is 1. The zero-order chi connectivity index (χ0) is 14.5. The smallest absolute Gasteiger partial charge is 0.274 e. The van der Waals surface area contributed by atoms with Crippen LogP contribution in [0.15, 0.2) is 36.5 Å². The van der Waals surface area contributed by atoms with E-state index < -0.39 is 0 Å². The lowest BCUT2D eigenvalue weighted by Gasteiger charge is -2.18. The van der Waals surface area contributed by atoms with Gasteiger partial charge in [-0.05, 0) is 37.6 Å². The maximum atomic E-state index is 12.3. The third kappa shape index (κ3) is 2.99. The van der Waals surface area contributed by atoms with Gasteiger partial charge in [0.05, 0.1) is 5.69 Å². The van der Waals surface area contributed by atoms with E-state index in [0.29, 0.717) is 17.9 Å². The SMILES string of the molecule is CCCN(CC)C(=O)c1ccn(-c2cccc(N)c2)n1. The van der Waals surface area contributed by atoms with Gasteiger partial charge in [0.15, 0.2) is 5.69 Å². The molecule has 106 valence electrons. The second kappa shape index (κ2) is 6.23. The lowest BCUT2D eigenvalue weighted by molar-refractivity contribution is 0.0758. The molecule has 0 atom stereocenters. The van der Waals surface area contributed by atoms with Gasteiger partial charge in [0.1, 0.15) is 0 Å². The number of nitrogens with zero attached hydrogens (tertiary/aromatic N) is 3. The summed E-state index contributed by atoms with van der Waals surface area (Å²) < 4.78 is 1.67. The topological polar surface area (TPSA) is 64.2 Å².